The van der Waals surface area contributed by atoms with Crippen LogP contribution in [0.3, 0.4) is 0 Å². The molecule has 2 rings (SSSR count). The van der Waals surface area contributed by atoms with E-state index < -0.39 is 13.1 Å². The van der Waals surface area contributed by atoms with E-state index in [2.05, 4.69) is 5.32 Å². The van der Waals surface area contributed by atoms with E-state index in [0.717, 1.165) is 5.56 Å². The molecule has 0 saturated carbocycles. The highest BCUT2D eigenvalue weighted by molar-refractivity contribution is 6.62. The second kappa shape index (κ2) is 6.94. The second-order valence-corrected chi connectivity index (χ2v) is 5.73. The van der Waals surface area contributed by atoms with Crippen LogP contribution in [0.1, 0.15) is 35.3 Å². The van der Waals surface area contributed by atoms with Crippen molar-refractivity contribution in [2.75, 3.05) is 13.2 Å². The van der Waals surface area contributed by atoms with Crippen LogP contribution in [-0.4, -0.2) is 37.2 Å². The van der Waals surface area contributed by atoms with Crippen LogP contribution in [0.15, 0.2) is 12.1 Å². The summed E-state index contributed by atoms with van der Waals surface area (Å²) in [5.41, 5.74) is 2.59. The molecule has 1 aromatic rings. The first-order valence-corrected chi connectivity index (χ1v) is 7.26. The molecule has 1 heterocycles. The molecule has 2 N–H and O–H groups in total. The van der Waals surface area contributed by atoms with Gasteiger partial charge in [-0.05, 0) is 35.5 Å². The Morgan fingerprint density at radius 2 is 2.18 bits per heavy atom. The number of fused-ring (bicyclic) bond motifs is 1. The first-order valence-electron chi connectivity index (χ1n) is 7.26. The second-order valence-electron chi connectivity index (χ2n) is 5.73. The van der Waals surface area contributed by atoms with Gasteiger partial charge in [0.15, 0.2) is 0 Å². The van der Waals surface area contributed by atoms with E-state index in [4.69, 9.17) is 9.39 Å². The first-order chi connectivity index (χ1) is 10.4. The van der Waals surface area contributed by atoms with Gasteiger partial charge in [0.2, 0.25) is 0 Å². The van der Waals surface area contributed by atoms with Crippen molar-refractivity contribution >= 4 is 24.5 Å². The van der Waals surface area contributed by atoms with Crippen LogP contribution in [0, 0.1) is 12.8 Å². The molecule has 0 aromatic heterocycles. The quantitative estimate of drug-likeness (QED) is 0.597. The summed E-state index contributed by atoms with van der Waals surface area (Å²) < 4.78 is 10.1. The molecule has 22 heavy (non-hydrogen) atoms. The maximum atomic E-state index is 12.2. The highest BCUT2D eigenvalue weighted by Gasteiger charge is 2.31. The third-order valence-electron chi connectivity index (χ3n) is 3.46. The lowest BCUT2D eigenvalue weighted by Gasteiger charge is -2.11. The maximum absolute atomic E-state index is 12.2. The lowest BCUT2D eigenvalue weighted by atomic mass is 9.75. The van der Waals surface area contributed by atoms with Gasteiger partial charge in [0.05, 0.1) is 13.2 Å². The Hall–Kier alpha value is -1.86. The molecule has 0 saturated heterocycles. The Labute approximate surface area is 129 Å². The fourth-order valence-electron chi connectivity index (χ4n) is 2.31. The Bertz CT molecular complexity index is 588. The topological polar surface area (TPSA) is 84.9 Å². The van der Waals surface area contributed by atoms with Gasteiger partial charge < -0.3 is 19.7 Å². The maximum Gasteiger partial charge on any atom is 0.492 e. The summed E-state index contributed by atoms with van der Waals surface area (Å²) in [6, 6.07) is 3.43. The molecule has 0 unspecified atom stereocenters. The molecule has 1 aliphatic heterocycles. The van der Waals surface area contributed by atoms with Crippen LogP contribution in [0.4, 0.5) is 0 Å². The van der Waals surface area contributed by atoms with E-state index in [1.54, 1.807) is 19.1 Å². The number of esters is 1. The number of hydrogen-bond donors (Lipinski definition) is 2. The predicted molar refractivity (Wildman–Crippen MR) is 81.7 cm³/mol. The van der Waals surface area contributed by atoms with Crippen molar-refractivity contribution in [2.45, 2.75) is 27.4 Å². The lowest BCUT2D eigenvalue weighted by Crippen LogP contribution is -2.35. The molecule has 0 fully saturated rings. The highest BCUT2D eigenvalue weighted by Crippen LogP contribution is 2.16. The monoisotopic (exact) mass is 305 g/mol. The van der Waals surface area contributed by atoms with Gasteiger partial charge >= 0.3 is 13.1 Å². The lowest BCUT2D eigenvalue weighted by molar-refractivity contribution is -0.143. The van der Waals surface area contributed by atoms with Crippen LogP contribution in [0.25, 0.3) is 0 Å². The van der Waals surface area contributed by atoms with Crippen molar-refractivity contribution in [1.29, 1.82) is 0 Å². The van der Waals surface area contributed by atoms with Crippen LogP contribution < -0.4 is 10.8 Å². The third kappa shape index (κ3) is 3.67. The third-order valence-corrected chi connectivity index (χ3v) is 3.46. The minimum atomic E-state index is -1.00. The van der Waals surface area contributed by atoms with Gasteiger partial charge in [0, 0.05) is 5.56 Å². The van der Waals surface area contributed by atoms with Crippen molar-refractivity contribution in [1.82, 2.24) is 5.32 Å². The SMILES string of the molecule is Cc1c(C(=O)NCC(=O)OCC(C)C)ccc2c1B(O)OC2. The number of rotatable bonds is 5. The molecule has 0 bridgehead atoms. The van der Waals surface area contributed by atoms with Gasteiger partial charge in [0.1, 0.15) is 6.54 Å². The zero-order valence-corrected chi connectivity index (χ0v) is 13.0. The van der Waals surface area contributed by atoms with Crippen molar-refractivity contribution < 1.29 is 24.0 Å². The van der Waals surface area contributed by atoms with Gasteiger partial charge in [0.25, 0.3) is 5.91 Å². The Morgan fingerprint density at radius 3 is 2.86 bits per heavy atom. The molecule has 1 aromatic carbocycles. The molecule has 0 atom stereocenters. The minimum Gasteiger partial charge on any atom is -0.464 e. The van der Waals surface area contributed by atoms with Crippen molar-refractivity contribution in [3.05, 3.63) is 28.8 Å². The molecular weight excluding hydrogens is 285 g/mol. The number of ether oxygens (including phenoxy) is 1. The molecule has 1 aliphatic rings. The fraction of sp³-hybridized carbons (Fsp3) is 0.467. The largest absolute Gasteiger partial charge is 0.492 e. The minimum absolute atomic E-state index is 0.179. The average Bonchev–Trinajstić information content (AvgIpc) is 2.85. The number of amides is 1. The van der Waals surface area contributed by atoms with E-state index in [1.165, 1.54) is 0 Å². The number of benzene rings is 1. The van der Waals surface area contributed by atoms with Crippen molar-refractivity contribution in [3.63, 3.8) is 0 Å². The molecule has 0 aliphatic carbocycles. The van der Waals surface area contributed by atoms with Crippen molar-refractivity contribution in [2.24, 2.45) is 5.92 Å². The standard InChI is InChI=1S/C15H20BNO5/c1-9(2)7-21-13(18)6-17-15(19)12-5-4-11-8-22-16(20)14(11)10(12)3/h4-5,9,20H,6-8H2,1-3H3,(H,17,19). The van der Waals surface area contributed by atoms with Gasteiger partial charge in [-0.25, -0.2) is 0 Å². The number of carbonyl (C=O) groups is 2. The summed E-state index contributed by atoms with van der Waals surface area (Å²) in [5, 5.41) is 12.3. The summed E-state index contributed by atoms with van der Waals surface area (Å²) in [4.78, 5) is 23.7. The summed E-state index contributed by atoms with van der Waals surface area (Å²) >= 11 is 0. The fourth-order valence-corrected chi connectivity index (χ4v) is 2.31. The zero-order valence-electron chi connectivity index (χ0n) is 13.0. The zero-order chi connectivity index (χ0) is 16.3. The van der Waals surface area contributed by atoms with Crippen LogP contribution in [0.2, 0.25) is 0 Å². The molecule has 6 nitrogen and oxygen atoms in total. The van der Waals surface area contributed by atoms with E-state index in [0.29, 0.717) is 29.8 Å². The van der Waals surface area contributed by atoms with Gasteiger partial charge in [-0.1, -0.05) is 19.9 Å². The number of hydrogen-bond acceptors (Lipinski definition) is 5. The molecule has 1 amide bonds. The van der Waals surface area contributed by atoms with Crippen LogP contribution >= 0.6 is 0 Å². The molecule has 7 heteroatoms. The molecule has 0 radical (unpaired) electrons. The van der Waals surface area contributed by atoms with Crippen LogP contribution in [-0.2, 0) is 20.8 Å². The van der Waals surface area contributed by atoms with Gasteiger partial charge in [-0.2, -0.15) is 0 Å². The average molecular weight is 305 g/mol. The number of carbonyl (C=O) groups excluding carboxylic acids is 2. The van der Waals surface area contributed by atoms with E-state index >= 15 is 0 Å². The normalized spacial score (nSPS) is 13.2. The van der Waals surface area contributed by atoms with Gasteiger partial charge in [-0.3, -0.25) is 9.59 Å². The smallest absolute Gasteiger partial charge is 0.464 e. The van der Waals surface area contributed by atoms with E-state index in [9.17, 15) is 14.6 Å². The van der Waals surface area contributed by atoms with Gasteiger partial charge in [-0.15, -0.1) is 0 Å². The number of nitrogens with one attached hydrogen (secondary N) is 1. The van der Waals surface area contributed by atoms with E-state index in [1.807, 2.05) is 13.8 Å². The van der Waals surface area contributed by atoms with Crippen molar-refractivity contribution in [3.8, 4) is 0 Å². The van der Waals surface area contributed by atoms with E-state index in [-0.39, 0.29) is 18.4 Å². The Morgan fingerprint density at radius 1 is 1.45 bits per heavy atom. The van der Waals surface area contributed by atoms with Crippen LogP contribution in [0.5, 0.6) is 0 Å². The highest BCUT2D eigenvalue weighted by atomic mass is 16.5. The molecule has 118 valence electrons. The summed E-state index contributed by atoms with van der Waals surface area (Å²) in [5.74, 6) is -0.592. The molecular formula is C15H20BNO5. The summed E-state index contributed by atoms with van der Waals surface area (Å²) in [6.07, 6.45) is 0. The summed E-state index contributed by atoms with van der Waals surface area (Å²) in [6.45, 7) is 6.11. The first kappa shape index (κ1) is 16.5. The summed E-state index contributed by atoms with van der Waals surface area (Å²) in [7, 11) is -1.00. The predicted octanol–water partition coefficient (Wildman–Crippen LogP) is 0.142. The molecule has 0 spiro atoms. The Balaban J connectivity index is 1.99. The Kier molecular flexibility index (Phi) is 5.21.